The number of hydrogen-bond donors (Lipinski definition) is 0. The predicted molar refractivity (Wildman–Crippen MR) is 81.5 cm³/mol. The van der Waals surface area contributed by atoms with Gasteiger partial charge >= 0.3 is 0 Å². The maximum Gasteiger partial charge on any atom is 0.137 e. The molecule has 0 aromatic heterocycles. The van der Waals surface area contributed by atoms with Crippen molar-refractivity contribution in [2.45, 2.75) is 0 Å². The molecule has 96 valence electrons. The van der Waals surface area contributed by atoms with E-state index in [1.807, 2.05) is 18.2 Å². The molecular formula is C7H13Cl7O. The Bertz CT molecular complexity index is 208. The molecule has 8 heteroatoms. The van der Waals surface area contributed by atoms with Crippen molar-refractivity contribution >= 4 is 86.0 Å². The molecule has 1 aromatic carbocycles. The molecule has 0 bridgehead atoms. The lowest BCUT2D eigenvalue weighted by atomic mass is 10.3. The Morgan fingerprint density at radius 3 is 1.53 bits per heavy atom. The summed E-state index contributed by atoms with van der Waals surface area (Å²) in [6.07, 6.45) is 0. The highest BCUT2D eigenvalue weighted by Gasteiger charge is 1.93. The van der Waals surface area contributed by atoms with Gasteiger partial charge in [0.05, 0.1) is 12.1 Å². The average molecular weight is 361 g/mol. The minimum atomic E-state index is 0. The molecule has 0 aliphatic rings. The molecule has 0 N–H and O–H groups in total. The first-order valence-corrected chi connectivity index (χ1v) is 3.01. The second-order valence-corrected chi connectivity index (χ2v) is 2.04. The van der Waals surface area contributed by atoms with Crippen LogP contribution in [0.4, 0.5) is 0 Å². The summed E-state index contributed by atoms with van der Waals surface area (Å²) in [6.45, 7) is 0. The summed E-state index contributed by atoms with van der Waals surface area (Å²) in [6, 6.07) is 7.36. The molecule has 0 aliphatic heterocycles. The van der Waals surface area contributed by atoms with Crippen LogP contribution in [0.1, 0.15) is 0 Å². The van der Waals surface area contributed by atoms with Crippen molar-refractivity contribution in [2.24, 2.45) is 0 Å². The summed E-state index contributed by atoms with van der Waals surface area (Å²) in [4.78, 5) is 0. The molecule has 0 atom stereocenters. The Morgan fingerprint density at radius 1 is 0.867 bits per heavy atom. The van der Waals surface area contributed by atoms with E-state index in [-0.39, 0.29) is 74.4 Å². The van der Waals surface area contributed by atoms with E-state index in [9.17, 15) is 0 Å². The standard InChI is InChI=1S/C7H7ClO.6ClH/c1-9-7-5-3-2-4-6(7)8;;;;;;/h2-5H,1H3;6*1H. The summed E-state index contributed by atoms with van der Waals surface area (Å²) >= 11 is 5.70. The molecule has 0 amide bonds. The second-order valence-electron chi connectivity index (χ2n) is 1.63. The van der Waals surface area contributed by atoms with Crippen molar-refractivity contribution in [1.29, 1.82) is 0 Å². The van der Waals surface area contributed by atoms with Gasteiger partial charge in [-0.2, -0.15) is 0 Å². The van der Waals surface area contributed by atoms with Crippen LogP contribution < -0.4 is 4.74 Å². The highest BCUT2D eigenvalue weighted by Crippen LogP contribution is 2.21. The van der Waals surface area contributed by atoms with Crippen LogP contribution in [0.5, 0.6) is 5.75 Å². The first-order valence-electron chi connectivity index (χ1n) is 2.63. The van der Waals surface area contributed by atoms with Crippen LogP contribution in [-0.4, -0.2) is 7.11 Å². The maximum absolute atomic E-state index is 5.70. The van der Waals surface area contributed by atoms with Gasteiger partial charge in [0.15, 0.2) is 0 Å². The lowest BCUT2D eigenvalue weighted by Crippen LogP contribution is -1.81. The van der Waals surface area contributed by atoms with E-state index in [0.29, 0.717) is 5.02 Å². The second kappa shape index (κ2) is 20.5. The van der Waals surface area contributed by atoms with Crippen LogP contribution in [0.25, 0.3) is 0 Å². The van der Waals surface area contributed by atoms with Crippen molar-refractivity contribution in [3.8, 4) is 5.75 Å². The zero-order chi connectivity index (χ0) is 6.69. The fourth-order valence-electron chi connectivity index (χ4n) is 0.610. The van der Waals surface area contributed by atoms with Crippen molar-refractivity contribution in [1.82, 2.24) is 0 Å². The largest absolute Gasteiger partial charge is 0.495 e. The van der Waals surface area contributed by atoms with Crippen molar-refractivity contribution in [3.05, 3.63) is 29.3 Å². The number of methoxy groups -OCH3 is 1. The Labute approximate surface area is 132 Å². The topological polar surface area (TPSA) is 9.23 Å². The number of ether oxygens (including phenoxy) is 1. The SMILES string of the molecule is COc1ccccc1Cl.Cl.Cl.Cl.Cl.Cl.Cl. The van der Waals surface area contributed by atoms with Crippen LogP contribution in [0.3, 0.4) is 0 Å². The normalized spacial score (nSPS) is 5.47. The number of halogens is 7. The molecule has 0 saturated carbocycles. The Morgan fingerprint density at radius 2 is 1.27 bits per heavy atom. The third kappa shape index (κ3) is 13.0. The van der Waals surface area contributed by atoms with E-state index >= 15 is 0 Å². The number of para-hydroxylation sites is 1. The number of hydrogen-bond acceptors (Lipinski definition) is 1. The van der Waals surface area contributed by atoms with E-state index in [4.69, 9.17) is 16.3 Å². The first-order chi connectivity index (χ1) is 4.34. The van der Waals surface area contributed by atoms with Crippen LogP contribution >= 0.6 is 86.0 Å². The van der Waals surface area contributed by atoms with Crippen molar-refractivity contribution in [3.63, 3.8) is 0 Å². The minimum absolute atomic E-state index is 0. The maximum atomic E-state index is 5.70. The van der Waals surface area contributed by atoms with Crippen molar-refractivity contribution in [2.75, 3.05) is 7.11 Å². The van der Waals surface area contributed by atoms with Gasteiger partial charge in [0.25, 0.3) is 0 Å². The predicted octanol–water partition coefficient (Wildman–Crippen LogP) is 4.88. The highest BCUT2D eigenvalue weighted by atomic mass is 35.5. The highest BCUT2D eigenvalue weighted by molar-refractivity contribution is 6.32. The van der Waals surface area contributed by atoms with Gasteiger partial charge in [0, 0.05) is 0 Å². The van der Waals surface area contributed by atoms with Gasteiger partial charge in [0.1, 0.15) is 5.75 Å². The Hall–Kier alpha value is 1.05. The monoisotopic (exact) mass is 358 g/mol. The van der Waals surface area contributed by atoms with E-state index in [1.165, 1.54) is 0 Å². The molecule has 15 heavy (non-hydrogen) atoms. The number of benzene rings is 1. The smallest absolute Gasteiger partial charge is 0.137 e. The average Bonchev–Trinajstić information content (AvgIpc) is 1.89. The third-order valence-corrected chi connectivity index (χ3v) is 1.37. The molecule has 0 radical (unpaired) electrons. The van der Waals surface area contributed by atoms with E-state index in [2.05, 4.69) is 0 Å². The van der Waals surface area contributed by atoms with Gasteiger partial charge in [0.2, 0.25) is 0 Å². The minimum Gasteiger partial charge on any atom is -0.495 e. The summed E-state index contributed by atoms with van der Waals surface area (Å²) in [5.41, 5.74) is 0. The Balaban J connectivity index is -0.0000000337. The third-order valence-electron chi connectivity index (χ3n) is 1.06. The molecule has 1 nitrogen and oxygen atoms in total. The quantitative estimate of drug-likeness (QED) is 0.693. The molecule has 0 spiro atoms. The Kier molecular flexibility index (Phi) is 49.1. The lowest BCUT2D eigenvalue weighted by Gasteiger charge is -1.98. The zero-order valence-corrected chi connectivity index (χ0v) is 13.2. The van der Waals surface area contributed by atoms with E-state index in [0.717, 1.165) is 5.75 Å². The van der Waals surface area contributed by atoms with Crippen LogP contribution in [0, 0.1) is 0 Å². The van der Waals surface area contributed by atoms with Gasteiger partial charge in [-0.3, -0.25) is 0 Å². The van der Waals surface area contributed by atoms with Crippen LogP contribution in [0.15, 0.2) is 24.3 Å². The van der Waals surface area contributed by atoms with Gasteiger partial charge < -0.3 is 4.74 Å². The van der Waals surface area contributed by atoms with E-state index < -0.39 is 0 Å². The molecule has 0 fully saturated rings. The molecule has 0 saturated heterocycles. The fraction of sp³-hybridized carbons (Fsp3) is 0.143. The molecular weight excluding hydrogens is 348 g/mol. The zero-order valence-electron chi connectivity index (χ0n) is 7.55. The summed E-state index contributed by atoms with van der Waals surface area (Å²) in [5, 5.41) is 0.653. The summed E-state index contributed by atoms with van der Waals surface area (Å²) in [5.74, 6) is 0.721. The number of rotatable bonds is 1. The summed E-state index contributed by atoms with van der Waals surface area (Å²) in [7, 11) is 1.60. The molecule has 0 unspecified atom stereocenters. The van der Waals surface area contributed by atoms with Crippen LogP contribution in [-0.2, 0) is 0 Å². The van der Waals surface area contributed by atoms with Crippen molar-refractivity contribution < 1.29 is 4.74 Å². The molecule has 1 aromatic rings. The fourth-order valence-corrected chi connectivity index (χ4v) is 0.823. The molecule has 0 heterocycles. The molecule has 0 aliphatic carbocycles. The van der Waals surface area contributed by atoms with Gasteiger partial charge in [-0.1, -0.05) is 23.7 Å². The molecule has 1 rings (SSSR count). The summed E-state index contributed by atoms with van der Waals surface area (Å²) < 4.78 is 4.91. The van der Waals surface area contributed by atoms with E-state index in [1.54, 1.807) is 13.2 Å². The van der Waals surface area contributed by atoms with Crippen LogP contribution in [0.2, 0.25) is 5.02 Å². The van der Waals surface area contributed by atoms with Gasteiger partial charge in [-0.25, -0.2) is 0 Å². The lowest BCUT2D eigenvalue weighted by molar-refractivity contribution is 0.415. The first kappa shape index (κ1) is 36.0. The van der Waals surface area contributed by atoms with Gasteiger partial charge in [-0.15, -0.1) is 74.4 Å². The van der Waals surface area contributed by atoms with Gasteiger partial charge in [-0.05, 0) is 12.1 Å².